The van der Waals surface area contributed by atoms with Gasteiger partial charge in [-0.1, -0.05) is 0 Å². The Bertz CT molecular complexity index is 1260. The molecule has 8 nitrogen and oxygen atoms in total. The molecule has 3 aromatic rings. The Labute approximate surface area is 195 Å². The molecule has 1 heterocycles. The standard InChI is InChI=1S/C25H23FN2O6/c1-13-21(7-6-16(23(13)29)24(30)14-4-5-14)34-12-15-10-28-20(11-27-15)18-8-17(25(31)33-3)19(26)9-22(18)32-2/h6-11,14,29H,4-5,12H2,1-3H3. The quantitative estimate of drug-likeness (QED) is 0.388. The molecule has 4 rings (SSSR count). The van der Waals surface area contributed by atoms with Crippen LogP contribution in [0.4, 0.5) is 4.39 Å². The Morgan fingerprint density at radius 3 is 2.47 bits per heavy atom. The van der Waals surface area contributed by atoms with E-state index in [-0.39, 0.29) is 35.4 Å². The van der Waals surface area contributed by atoms with Crippen LogP contribution in [0.2, 0.25) is 0 Å². The number of aromatic nitrogens is 2. The minimum absolute atomic E-state index is 0.00860. The fourth-order valence-electron chi connectivity index (χ4n) is 3.51. The second kappa shape index (κ2) is 9.46. The monoisotopic (exact) mass is 466 g/mol. The van der Waals surface area contributed by atoms with Crippen molar-refractivity contribution in [1.29, 1.82) is 0 Å². The number of ether oxygens (including phenoxy) is 3. The fourth-order valence-corrected chi connectivity index (χ4v) is 3.51. The maximum absolute atomic E-state index is 14.2. The Morgan fingerprint density at radius 1 is 1.09 bits per heavy atom. The SMILES string of the molecule is COC(=O)c1cc(-c2cnc(COc3ccc(C(=O)C4CC4)c(O)c3C)cn2)c(OC)cc1F. The van der Waals surface area contributed by atoms with Crippen LogP contribution in [0.1, 0.15) is 44.8 Å². The highest BCUT2D eigenvalue weighted by Gasteiger charge is 2.32. The molecule has 1 saturated carbocycles. The number of hydrogen-bond acceptors (Lipinski definition) is 8. The van der Waals surface area contributed by atoms with Crippen LogP contribution in [0, 0.1) is 18.7 Å². The molecule has 34 heavy (non-hydrogen) atoms. The van der Waals surface area contributed by atoms with Crippen LogP contribution in [0.25, 0.3) is 11.3 Å². The van der Waals surface area contributed by atoms with E-state index in [4.69, 9.17) is 9.47 Å². The van der Waals surface area contributed by atoms with Crippen molar-refractivity contribution in [2.24, 2.45) is 5.92 Å². The average Bonchev–Trinajstić information content (AvgIpc) is 3.70. The van der Waals surface area contributed by atoms with Crippen LogP contribution in [-0.4, -0.2) is 41.0 Å². The van der Waals surface area contributed by atoms with Gasteiger partial charge in [-0.25, -0.2) is 9.18 Å². The molecule has 2 aromatic carbocycles. The van der Waals surface area contributed by atoms with Crippen LogP contribution in [0.5, 0.6) is 17.2 Å². The van der Waals surface area contributed by atoms with E-state index in [9.17, 15) is 19.1 Å². The molecule has 0 bridgehead atoms. The third kappa shape index (κ3) is 4.54. The molecule has 0 saturated heterocycles. The van der Waals surface area contributed by atoms with Gasteiger partial charge in [0.25, 0.3) is 0 Å². The molecule has 0 amide bonds. The van der Waals surface area contributed by atoms with E-state index in [1.165, 1.54) is 32.7 Å². The number of aromatic hydroxyl groups is 1. The van der Waals surface area contributed by atoms with Gasteiger partial charge in [0.2, 0.25) is 0 Å². The summed E-state index contributed by atoms with van der Waals surface area (Å²) < 4.78 is 29.8. The molecule has 0 aliphatic heterocycles. The minimum Gasteiger partial charge on any atom is -0.507 e. The Morgan fingerprint density at radius 2 is 1.85 bits per heavy atom. The van der Waals surface area contributed by atoms with Crippen LogP contribution in [-0.2, 0) is 11.3 Å². The number of ketones is 1. The van der Waals surface area contributed by atoms with E-state index in [1.54, 1.807) is 19.1 Å². The number of methoxy groups -OCH3 is 2. The fraction of sp³-hybridized carbons (Fsp3) is 0.280. The van der Waals surface area contributed by atoms with Crippen molar-refractivity contribution in [3.8, 4) is 28.5 Å². The first kappa shape index (κ1) is 23.2. The highest BCUT2D eigenvalue weighted by atomic mass is 19.1. The maximum Gasteiger partial charge on any atom is 0.340 e. The van der Waals surface area contributed by atoms with Gasteiger partial charge in [0.05, 0.1) is 49.1 Å². The highest BCUT2D eigenvalue weighted by molar-refractivity contribution is 6.02. The first-order chi connectivity index (χ1) is 16.3. The second-order valence-electron chi connectivity index (χ2n) is 7.93. The molecule has 1 aliphatic rings. The van der Waals surface area contributed by atoms with Gasteiger partial charge in [-0.3, -0.25) is 14.8 Å². The second-order valence-corrected chi connectivity index (χ2v) is 7.93. The zero-order chi connectivity index (χ0) is 24.4. The summed E-state index contributed by atoms with van der Waals surface area (Å²) in [7, 11) is 2.55. The van der Waals surface area contributed by atoms with Gasteiger partial charge >= 0.3 is 5.97 Å². The number of phenolic OH excluding ortho intramolecular Hbond substituents is 1. The average molecular weight is 466 g/mol. The van der Waals surface area contributed by atoms with Crippen LogP contribution in [0.15, 0.2) is 36.7 Å². The topological polar surface area (TPSA) is 108 Å². The lowest BCUT2D eigenvalue weighted by Gasteiger charge is -2.13. The summed E-state index contributed by atoms with van der Waals surface area (Å²) in [5, 5.41) is 10.4. The number of esters is 1. The largest absolute Gasteiger partial charge is 0.507 e. The van der Waals surface area contributed by atoms with E-state index in [2.05, 4.69) is 14.7 Å². The molecule has 176 valence electrons. The molecule has 1 aliphatic carbocycles. The van der Waals surface area contributed by atoms with Gasteiger partial charge in [0, 0.05) is 23.1 Å². The molecular formula is C25H23FN2O6. The summed E-state index contributed by atoms with van der Waals surface area (Å²) in [6.45, 7) is 1.75. The number of carbonyl (C=O) groups excluding carboxylic acids is 2. The molecule has 9 heteroatoms. The van der Waals surface area contributed by atoms with E-state index in [0.29, 0.717) is 33.8 Å². The zero-order valence-corrected chi connectivity index (χ0v) is 18.9. The smallest absolute Gasteiger partial charge is 0.340 e. The number of phenols is 1. The number of benzene rings is 2. The minimum atomic E-state index is -0.817. The van der Waals surface area contributed by atoms with Crippen LogP contribution < -0.4 is 9.47 Å². The molecule has 0 unspecified atom stereocenters. The van der Waals surface area contributed by atoms with Crippen molar-refractivity contribution < 1.29 is 33.3 Å². The first-order valence-corrected chi connectivity index (χ1v) is 10.6. The Hall–Kier alpha value is -4.01. The van der Waals surface area contributed by atoms with Crippen molar-refractivity contribution in [1.82, 2.24) is 9.97 Å². The summed E-state index contributed by atoms with van der Waals surface area (Å²) >= 11 is 0. The normalized spacial score (nSPS) is 12.8. The summed E-state index contributed by atoms with van der Waals surface area (Å²) in [5.41, 5.74) is 1.78. The molecule has 1 aromatic heterocycles. The van der Waals surface area contributed by atoms with E-state index in [1.807, 2.05) is 0 Å². The summed E-state index contributed by atoms with van der Waals surface area (Å²) in [6.07, 6.45) is 4.66. The summed E-state index contributed by atoms with van der Waals surface area (Å²) in [6, 6.07) is 5.63. The van der Waals surface area contributed by atoms with E-state index in [0.717, 1.165) is 18.9 Å². The van der Waals surface area contributed by atoms with Crippen LogP contribution >= 0.6 is 0 Å². The molecular weight excluding hydrogens is 443 g/mol. The molecule has 0 atom stereocenters. The number of Topliss-reactive ketones (excluding diaryl/α,β-unsaturated/α-hetero) is 1. The number of hydrogen-bond donors (Lipinski definition) is 1. The Kier molecular flexibility index (Phi) is 6.45. The Balaban J connectivity index is 1.51. The van der Waals surface area contributed by atoms with Crippen molar-refractivity contribution in [3.05, 3.63) is 64.9 Å². The van der Waals surface area contributed by atoms with Gasteiger partial charge in [-0.15, -0.1) is 0 Å². The van der Waals surface area contributed by atoms with E-state index < -0.39 is 11.8 Å². The maximum atomic E-state index is 14.2. The third-order valence-electron chi connectivity index (χ3n) is 5.65. The number of nitrogens with zero attached hydrogens (tertiary/aromatic N) is 2. The molecule has 1 N–H and O–H groups in total. The summed E-state index contributed by atoms with van der Waals surface area (Å²) in [4.78, 5) is 32.8. The van der Waals surface area contributed by atoms with Crippen LogP contribution in [0.3, 0.4) is 0 Å². The molecule has 1 fully saturated rings. The summed E-state index contributed by atoms with van der Waals surface area (Å²) in [5.74, 6) is -1.07. The van der Waals surface area contributed by atoms with Gasteiger partial charge < -0.3 is 19.3 Å². The number of carbonyl (C=O) groups is 2. The molecule has 0 spiro atoms. The first-order valence-electron chi connectivity index (χ1n) is 10.6. The lowest BCUT2D eigenvalue weighted by atomic mass is 10.0. The zero-order valence-electron chi connectivity index (χ0n) is 18.9. The van der Waals surface area contributed by atoms with Gasteiger partial charge in [-0.2, -0.15) is 0 Å². The predicted octanol–water partition coefficient (Wildman–Crippen LogP) is 4.26. The number of rotatable bonds is 8. The van der Waals surface area contributed by atoms with Crippen molar-refractivity contribution in [2.45, 2.75) is 26.4 Å². The number of halogens is 1. The van der Waals surface area contributed by atoms with Crippen molar-refractivity contribution in [3.63, 3.8) is 0 Å². The predicted molar refractivity (Wildman–Crippen MR) is 120 cm³/mol. The van der Waals surface area contributed by atoms with E-state index >= 15 is 0 Å². The van der Waals surface area contributed by atoms with Gasteiger partial charge in [-0.05, 0) is 38.0 Å². The van der Waals surface area contributed by atoms with Crippen molar-refractivity contribution in [2.75, 3.05) is 14.2 Å². The lowest BCUT2D eigenvalue weighted by molar-refractivity contribution is 0.0595. The molecule has 0 radical (unpaired) electrons. The third-order valence-corrected chi connectivity index (χ3v) is 5.65. The highest BCUT2D eigenvalue weighted by Crippen LogP contribution is 2.38. The van der Waals surface area contributed by atoms with Crippen molar-refractivity contribution >= 4 is 11.8 Å². The van der Waals surface area contributed by atoms with Gasteiger partial charge in [0.1, 0.15) is 29.7 Å². The van der Waals surface area contributed by atoms with Gasteiger partial charge in [0.15, 0.2) is 5.78 Å². The lowest BCUT2D eigenvalue weighted by Crippen LogP contribution is -2.06.